The minimum atomic E-state index is -4.51. The fraction of sp³-hybridized carbons (Fsp3) is 0.0769. The second kappa shape index (κ2) is 4.63. The first-order valence-electron chi connectivity index (χ1n) is 5.84. The van der Waals surface area contributed by atoms with Crippen molar-refractivity contribution in [2.45, 2.75) is 6.18 Å². The van der Waals surface area contributed by atoms with Crippen LogP contribution in [-0.2, 0) is 6.18 Å². The highest BCUT2D eigenvalue weighted by Gasteiger charge is 2.34. The molecule has 1 aromatic carbocycles. The predicted molar refractivity (Wildman–Crippen MR) is 73.3 cm³/mol. The van der Waals surface area contributed by atoms with Crippen LogP contribution in [-0.4, -0.2) is 14.5 Å². The van der Waals surface area contributed by atoms with Crippen molar-refractivity contribution in [2.24, 2.45) is 0 Å². The maximum Gasteiger partial charge on any atom is 0.418 e. The number of nitrogens with zero attached hydrogens (tertiary/aromatic N) is 3. The van der Waals surface area contributed by atoms with E-state index < -0.39 is 11.7 Å². The van der Waals surface area contributed by atoms with Crippen molar-refractivity contribution in [1.82, 2.24) is 14.5 Å². The number of nitrogen functional groups attached to an aromatic ring is 1. The molecule has 0 atom stereocenters. The number of rotatable bonds is 1. The standard InChI is InChI=1S/C13H8ClF3N4/c14-7-5-9-11(19-6-7)21(12(18)20-9)10-4-2-1-3-8(10)13(15,16)17/h1-6H,(H2,18,20). The summed E-state index contributed by atoms with van der Waals surface area (Å²) in [7, 11) is 0. The Hall–Kier alpha value is -2.28. The first kappa shape index (κ1) is 13.7. The number of aromatic nitrogens is 3. The van der Waals surface area contributed by atoms with Crippen molar-refractivity contribution < 1.29 is 13.2 Å². The largest absolute Gasteiger partial charge is 0.418 e. The summed E-state index contributed by atoms with van der Waals surface area (Å²) < 4.78 is 40.5. The van der Waals surface area contributed by atoms with Crippen LogP contribution in [0.3, 0.4) is 0 Å². The minimum Gasteiger partial charge on any atom is -0.369 e. The molecule has 4 nitrogen and oxygen atoms in total. The van der Waals surface area contributed by atoms with E-state index in [2.05, 4.69) is 9.97 Å². The van der Waals surface area contributed by atoms with Gasteiger partial charge in [-0.25, -0.2) is 9.97 Å². The Bertz CT molecular complexity index is 826. The van der Waals surface area contributed by atoms with Gasteiger partial charge in [-0.05, 0) is 18.2 Å². The lowest BCUT2D eigenvalue weighted by Crippen LogP contribution is -2.12. The Morgan fingerprint density at radius 3 is 2.62 bits per heavy atom. The number of halogens is 4. The Balaban J connectivity index is 2.34. The molecule has 3 rings (SSSR count). The van der Waals surface area contributed by atoms with Crippen molar-refractivity contribution in [3.05, 3.63) is 47.1 Å². The van der Waals surface area contributed by atoms with Crippen LogP contribution in [0, 0.1) is 0 Å². The first-order valence-corrected chi connectivity index (χ1v) is 6.22. The summed E-state index contributed by atoms with van der Waals surface area (Å²) in [6.07, 6.45) is -3.18. The summed E-state index contributed by atoms with van der Waals surface area (Å²) >= 11 is 5.80. The van der Waals surface area contributed by atoms with E-state index in [0.29, 0.717) is 10.5 Å². The van der Waals surface area contributed by atoms with Crippen LogP contribution in [0.25, 0.3) is 16.9 Å². The molecule has 0 spiro atoms. The lowest BCUT2D eigenvalue weighted by molar-refractivity contribution is -0.137. The summed E-state index contributed by atoms with van der Waals surface area (Å²) in [5.74, 6) is -0.0866. The van der Waals surface area contributed by atoms with Crippen molar-refractivity contribution >= 4 is 28.7 Å². The molecular formula is C13H8ClF3N4. The van der Waals surface area contributed by atoms with Crippen molar-refractivity contribution in [3.8, 4) is 5.69 Å². The van der Waals surface area contributed by atoms with E-state index in [-0.39, 0.29) is 17.3 Å². The van der Waals surface area contributed by atoms with Gasteiger partial charge in [0.2, 0.25) is 5.95 Å². The average Bonchev–Trinajstić information content (AvgIpc) is 2.72. The van der Waals surface area contributed by atoms with E-state index in [0.717, 1.165) is 10.6 Å². The number of fused-ring (bicyclic) bond motifs is 1. The SMILES string of the molecule is Nc1nc2cc(Cl)cnc2n1-c1ccccc1C(F)(F)F. The lowest BCUT2D eigenvalue weighted by Gasteiger charge is -2.14. The Morgan fingerprint density at radius 1 is 1.19 bits per heavy atom. The van der Waals surface area contributed by atoms with Crippen LogP contribution in [0.4, 0.5) is 19.1 Å². The summed E-state index contributed by atoms with van der Waals surface area (Å²) in [6, 6.07) is 6.60. The average molecular weight is 313 g/mol. The third-order valence-electron chi connectivity index (χ3n) is 2.94. The van der Waals surface area contributed by atoms with Crippen LogP contribution >= 0.6 is 11.6 Å². The third kappa shape index (κ3) is 2.29. The van der Waals surface area contributed by atoms with Gasteiger partial charge in [0.15, 0.2) is 5.65 Å². The molecule has 2 aromatic heterocycles. The molecule has 0 aliphatic carbocycles. The molecule has 2 N–H and O–H groups in total. The van der Waals surface area contributed by atoms with Crippen LogP contribution < -0.4 is 5.73 Å². The van der Waals surface area contributed by atoms with Gasteiger partial charge in [-0.15, -0.1) is 0 Å². The minimum absolute atomic E-state index is 0.0866. The monoisotopic (exact) mass is 312 g/mol. The maximum atomic E-state index is 13.1. The number of nitrogens with two attached hydrogens (primary N) is 1. The molecule has 0 aliphatic rings. The van der Waals surface area contributed by atoms with E-state index in [1.165, 1.54) is 30.5 Å². The zero-order valence-corrected chi connectivity index (χ0v) is 11.2. The number of alkyl halides is 3. The third-order valence-corrected chi connectivity index (χ3v) is 3.15. The number of imidazole rings is 1. The highest BCUT2D eigenvalue weighted by atomic mass is 35.5. The molecule has 0 saturated heterocycles. The number of benzene rings is 1. The molecule has 0 unspecified atom stereocenters. The smallest absolute Gasteiger partial charge is 0.369 e. The summed E-state index contributed by atoms with van der Waals surface area (Å²) in [6.45, 7) is 0. The molecule has 0 aliphatic heterocycles. The summed E-state index contributed by atoms with van der Waals surface area (Å²) in [5.41, 5.74) is 5.36. The van der Waals surface area contributed by atoms with Gasteiger partial charge in [0, 0.05) is 6.20 Å². The normalized spacial score (nSPS) is 12.0. The van der Waals surface area contributed by atoms with Crippen LogP contribution in [0.15, 0.2) is 36.5 Å². The lowest BCUT2D eigenvalue weighted by atomic mass is 10.1. The second-order valence-corrected chi connectivity index (χ2v) is 4.75. The van der Waals surface area contributed by atoms with Gasteiger partial charge >= 0.3 is 6.18 Å². The molecular weight excluding hydrogens is 305 g/mol. The molecule has 0 saturated carbocycles. The van der Waals surface area contributed by atoms with Gasteiger partial charge in [-0.3, -0.25) is 4.57 Å². The Kier molecular flexibility index (Phi) is 3.02. The van der Waals surface area contributed by atoms with E-state index in [1.54, 1.807) is 0 Å². The van der Waals surface area contributed by atoms with Gasteiger partial charge in [0.25, 0.3) is 0 Å². The number of hydrogen-bond donors (Lipinski definition) is 1. The van der Waals surface area contributed by atoms with E-state index in [9.17, 15) is 13.2 Å². The summed E-state index contributed by atoms with van der Waals surface area (Å²) in [4.78, 5) is 8.02. The highest BCUT2D eigenvalue weighted by Crippen LogP contribution is 2.35. The zero-order chi connectivity index (χ0) is 15.2. The Labute approximate surface area is 122 Å². The first-order chi connectivity index (χ1) is 9.88. The number of anilines is 1. The molecule has 0 radical (unpaired) electrons. The van der Waals surface area contributed by atoms with Gasteiger partial charge in [0.05, 0.1) is 16.3 Å². The topological polar surface area (TPSA) is 56.7 Å². The maximum absolute atomic E-state index is 13.1. The van der Waals surface area contributed by atoms with Crippen LogP contribution in [0.5, 0.6) is 0 Å². The zero-order valence-electron chi connectivity index (χ0n) is 10.4. The molecule has 0 bridgehead atoms. The Morgan fingerprint density at radius 2 is 1.90 bits per heavy atom. The van der Waals surface area contributed by atoms with Gasteiger partial charge in [-0.1, -0.05) is 23.7 Å². The van der Waals surface area contributed by atoms with Gasteiger partial charge in [0.1, 0.15) is 5.52 Å². The van der Waals surface area contributed by atoms with E-state index in [4.69, 9.17) is 17.3 Å². The molecule has 0 amide bonds. The quantitative estimate of drug-likeness (QED) is 0.746. The summed E-state index contributed by atoms with van der Waals surface area (Å²) in [5, 5.41) is 0.330. The fourth-order valence-electron chi connectivity index (χ4n) is 2.10. The molecule has 3 aromatic rings. The fourth-order valence-corrected chi connectivity index (χ4v) is 2.26. The van der Waals surface area contributed by atoms with E-state index >= 15 is 0 Å². The molecule has 21 heavy (non-hydrogen) atoms. The van der Waals surface area contributed by atoms with Crippen LogP contribution in [0.2, 0.25) is 5.02 Å². The predicted octanol–water partition coefficient (Wildman–Crippen LogP) is 3.67. The van der Waals surface area contributed by atoms with Crippen molar-refractivity contribution in [1.29, 1.82) is 0 Å². The number of para-hydroxylation sites is 1. The number of hydrogen-bond acceptors (Lipinski definition) is 3. The van der Waals surface area contributed by atoms with Crippen LogP contribution in [0.1, 0.15) is 5.56 Å². The van der Waals surface area contributed by atoms with Crippen molar-refractivity contribution in [2.75, 3.05) is 5.73 Å². The number of pyridine rings is 1. The molecule has 8 heteroatoms. The van der Waals surface area contributed by atoms with Gasteiger partial charge in [-0.2, -0.15) is 13.2 Å². The highest BCUT2D eigenvalue weighted by molar-refractivity contribution is 6.31. The molecule has 108 valence electrons. The van der Waals surface area contributed by atoms with Gasteiger partial charge < -0.3 is 5.73 Å². The molecule has 0 fully saturated rings. The van der Waals surface area contributed by atoms with Crippen molar-refractivity contribution in [3.63, 3.8) is 0 Å². The van der Waals surface area contributed by atoms with E-state index in [1.807, 2.05) is 0 Å². The second-order valence-electron chi connectivity index (χ2n) is 4.32. The molecule has 2 heterocycles.